The summed E-state index contributed by atoms with van der Waals surface area (Å²) in [6.45, 7) is 0. The molecule has 1 N–H and O–H groups in total. The summed E-state index contributed by atoms with van der Waals surface area (Å²) in [5.41, 5.74) is 1.10. The van der Waals surface area contributed by atoms with Crippen LogP contribution in [0.15, 0.2) is 34.8 Å². The predicted octanol–water partition coefficient (Wildman–Crippen LogP) is 3.70. The number of rotatable bonds is 1. The molecule has 0 aliphatic heterocycles. The lowest BCUT2D eigenvalue weighted by molar-refractivity contribution is 0.474. The Bertz CT molecular complexity index is 744. The maximum atomic E-state index is 13.4. The van der Waals surface area contributed by atoms with Crippen LogP contribution in [-0.2, 0) is 0 Å². The Hall–Kier alpha value is -2.37. The Balaban J connectivity index is 2.72. The van der Waals surface area contributed by atoms with E-state index in [0.29, 0.717) is 21.2 Å². The number of hydrogen-bond acceptors (Lipinski definition) is 3. The first-order valence-corrected chi connectivity index (χ1v) is 5.98. The van der Waals surface area contributed by atoms with E-state index in [0.717, 1.165) is 6.07 Å². The molecule has 0 amide bonds. The molecule has 0 aliphatic rings. The molecule has 0 bridgehead atoms. The molecule has 2 aromatic carbocycles. The van der Waals surface area contributed by atoms with Crippen molar-refractivity contribution in [1.82, 2.24) is 0 Å². The van der Waals surface area contributed by atoms with Crippen molar-refractivity contribution in [1.29, 1.82) is 10.5 Å². The average Bonchev–Trinajstić information content (AvgIpc) is 2.40. The van der Waals surface area contributed by atoms with E-state index in [4.69, 9.17) is 10.5 Å². The second-order valence-corrected chi connectivity index (χ2v) is 4.66. The highest BCUT2D eigenvalue weighted by molar-refractivity contribution is 9.10. The largest absolute Gasteiger partial charge is 0.506 e. The molecule has 19 heavy (non-hydrogen) atoms. The standard InChI is InChI=1S/C14H6BrFN2O/c15-13-4-9(7-18)3-12(14(13)19)10-1-8(6-17)2-11(16)5-10/h1-5,19H. The zero-order valence-corrected chi connectivity index (χ0v) is 11.1. The molecule has 2 rings (SSSR count). The van der Waals surface area contributed by atoms with Crippen molar-refractivity contribution in [3.8, 4) is 29.0 Å². The third-order valence-electron chi connectivity index (χ3n) is 2.53. The normalized spacial score (nSPS) is 9.68. The molecule has 5 heteroatoms. The summed E-state index contributed by atoms with van der Waals surface area (Å²) in [5, 5.41) is 27.7. The Morgan fingerprint density at radius 2 is 1.63 bits per heavy atom. The number of aromatic hydroxyl groups is 1. The molecule has 92 valence electrons. The van der Waals surface area contributed by atoms with Crippen LogP contribution in [0.4, 0.5) is 4.39 Å². The first-order valence-electron chi connectivity index (χ1n) is 5.19. The quantitative estimate of drug-likeness (QED) is 0.872. The number of phenolic OH excluding ortho intramolecular Hbond substituents is 1. The lowest BCUT2D eigenvalue weighted by atomic mass is 10.0. The van der Waals surface area contributed by atoms with Crippen molar-refractivity contribution in [2.45, 2.75) is 0 Å². The van der Waals surface area contributed by atoms with Crippen molar-refractivity contribution in [2.75, 3.05) is 0 Å². The van der Waals surface area contributed by atoms with Crippen LogP contribution in [-0.4, -0.2) is 5.11 Å². The Morgan fingerprint density at radius 1 is 1.00 bits per heavy atom. The van der Waals surface area contributed by atoms with Gasteiger partial charge in [-0.1, -0.05) is 0 Å². The lowest BCUT2D eigenvalue weighted by Crippen LogP contribution is -1.87. The Kier molecular flexibility index (Phi) is 3.50. The van der Waals surface area contributed by atoms with Crippen LogP contribution in [0.1, 0.15) is 11.1 Å². The minimum absolute atomic E-state index is 0.103. The fraction of sp³-hybridized carbons (Fsp3) is 0. The fourth-order valence-corrected chi connectivity index (χ4v) is 2.15. The van der Waals surface area contributed by atoms with Gasteiger partial charge >= 0.3 is 0 Å². The predicted molar refractivity (Wildman–Crippen MR) is 70.6 cm³/mol. The number of nitrogens with zero attached hydrogens (tertiary/aromatic N) is 2. The molecule has 0 fully saturated rings. The number of nitriles is 2. The topological polar surface area (TPSA) is 67.8 Å². The molecular weight excluding hydrogens is 311 g/mol. The van der Waals surface area contributed by atoms with Gasteiger partial charge in [-0.05, 0) is 51.8 Å². The van der Waals surface area contributed by atoms with Gasteiger partial charge < -0.3 is 5.11 Å². The summed E-state index contributed by atoms with van der Waals surface area (Å²) in [4.78, 5) is 0. The van der Waals surface area contributed by atoms with Gasteiger partial charge in [-0.25, -0.2) is 4.39 Å². The smallest absolute Gasteiger partial charge is 0.137 e. The van der Waals surface area contributed by atoms with Gasteiger partial charge in [0.2, 0.25) is 0 Å². The van der Waals surface area contributed by atoms with Crippen LogP contribution in [0, 0.1) is 28.5 Å². The van der Waals surface area contributed by atoms with Gasteiger partial charge in [0.1, 0.15) is 11.6 Å². The molecule has 2 aromatic rings. The van der Waals surface area contributed by atoms with Crippen LogP contribution >= 0.6 is 15.9 Å². The molecular formula is C14H6BrFN2O. The molecule has 0 spiro atoms. The summed E-state index contributed by atoms with van der Waals surface area (Å²) in [6.07, 6.45) is 0. The van der Waals surface area contributed by atoms with Gasteiger partial charge in [-0.2, -0.15) is 10.5 Å². The SMILES string of the molecule is N#Cc1cc(F)cc(-c2cc(C#N)cc(Br)c2O)c1. The second kappa shape index (κ2) is 5.09. The molecule has 0 aromatic heterocycles. The minimum atomic E-state index is -0.577. The first kappa shape index (κ1) is 13.1. The number of halogens is 2. The maximum absolute atomic E-state index is 13.4. The third-order valence-corrected chi connectivity index (χ3v) is 3.13. The summed E-state index contributed by atoms with van der Waals surface area (Å²) in [6, 6.07) is 10.4. The molecule has 0 heterocycles. The van der Waals surface area contributed by atoms with Crippen LogP contribution in [0.3, 0.4) is 0 Å². The van der Waals surface area contributed by atoms with E-state index in [-0.39, 0.29) is 11.3 Å². The average molecular weight is 317 g/mol. The third kappa shape index (κ3) is 2.57. The highest BCUT2D eigenvalue weighted by Gasteiger charge is 2.12. The Labute approximate surface area is 117 Å². The van der Waals surface area contributed by atoms with Gasteiger partial charge in [0.25, 0.3) is 0 Å². The van der Waals surface area contributed by atoms with Crippen molar-refractivity contribution in [3.05, 3.63) is 51.7 Å². The van der Waals surface area contributed by atoms with Crippen molar-refractivity contribution >= 4 is 15.9 Å². The molecule has 0 atom stereocenters. The summed E-state index contributed by atoms with van der Waals surface area (Å²) < 4.78 is 13.7. The monoisotopic (exact) mass is 316 g/mol. The van der Waals surface area contributed by atoms with Gasteiger partial charge in [0.05, 0.1) is 27.7 Å². The Morgan fingerprint density at radius 3 is 2.26 bits per heavy atom. The van der Waals surface area contributed by atoms with Gasteiger partial charge in [-0.3, -0.25) is 0 Å². The van der Waals surface area contributed by atoms with Crippen molar-refractivity contribution in [3.63, 3.8) is 0 Å². The molecule has 0 unspecified atom stereocenters. The highest BCUT2D eigenvalue weighted by Crippen LogP contribution is 2.37. The summed E-state index contributed by atoms with van der Waals surface area (Å²) >= 11 is 3.13. The van der Waals surface area contributed by atoms with E-state index >= 15 is 0 Å². The number of hydrogen-bond donors (Lipinski definition) is 1. The molecule has 0 saturated carbocycles. The molecule has 0 saturated heterocycles. The van der Waals surface area contributed by atoms with E-state index < -0.39 is 5.82 Å². The van der Waals surface area contributed by atoms with Gasteiger partial charge in [0, 0.05) is 5.56 Å². The zero-order valence-electron chi connectivity index (χ0n) is 9.48. The first-order chi connectivity index (χ1) is 9.05. The summed E-state index contributed by atoms with van der Waals surface area (Å²) in [7, 11) is 0. The van der Waals surface area contributed by atoms with E-state index in [1.165, 1.54) is 24.3 Å². The van der Waals surface area contributed by atoms with Crippen LogP contribution < -0.4 is 0 Å². The maximum Gasteiger partial charge on any atom is 0.137 e. The van der Waals surface area contributed by atoms with Crippen LogP contribution in [0.25, 0.3) is 11.1 Å². The van der Waals surface area contributed by atoms with Gasteiger partial charge in [-0.15, -0.1) is 0 Å². The van der Waals surface area contributed by atoms with E-state index in [1.54, 1.807) is 0 Å². The van der Waals surface area contributed by atoms with E-state index in [9.17, 15) is 9.50 Å². The fourth-order valence-electron chi connectivity index (χ4n) is 1.69. The number of benzene rings is 2. The molecule has 0 radical (unpaired) electrons. The van der Waals surface area contributed by atoms with E-state index in [1.807, 2.05) is 12.1 Å². The molecule has 3 nitrogen and oxygen atoms in total. The van der Waals surface area contributed by atoms with E-state index in [2.05, 4.69) is 15.9 Å². The molecule has 0 aliphatic carbocycles. The van der Waals surface area contributed by atoms with Gasteiger partial charge in [0.15, 0.2) is 0 Å². The van der Waals surface area contributed by atoms with Crippen LogP contribution in [0.2, 0.25) is 0 Å². The summed E-state index contributed by atoms with van der Waals surface area (Å²) in [5.74, 6) is -0.680. The van der Waals surface area contributed by atoms with Crippen LogP contribution in [0.5, 0.6) is 5.75 Å². The second-order valence-electron chi connectivity index (χ2n) is 3.81. The highest BCUT2D eigenvalue weighted by atomic mass is 79.9. The minimum Gasteiger partial charge on any atom is -0.506 e. The lowest BCUT2D eigenvalue weighted by Gasteiger charge is -2.08. The van der Waals surface area contributed by atoms with Crippen molar-refractivity contribution in [2.24, 2.45) is 0 Å². The zero-order chi connectivity index (χ0) is 14.0. The van der Waals surface area contributed by atoms with Crippen molar-refractivity contribution < 1.29 is 9.50 Å². The number of phenols is 1.